The molecule has 0 bridgehead atoms. The maximum atomic E-state index is 13.1. The summed E-state index contributed by atoms with van der Waals surface area (Å²) < 4.78 is 57.4. The highest BCUT2D eigenvalue weighted by atomic mass is 32.2. The molecule has 1 saturated heterocycles. The summed E-state index contributed by atoms with van der Waals surface area (Å²) in [5.74, 6) is 0. The fourth-order valence-electron chi connectivity index (χ4n) is 3.80. The number of nitrogens with one attached hydrogen (secondary N) is 1. The third-order valence-corrected chi connectivity index (χ3v) is 8.18. The minimum Gasteiger partial charge on any atom is -0.379 e. The van der Waals surface area contributed by atoms with Gasteiger partial charge >= 0.3 is 0 Å². The molecule has 31 heavy (non-hydrogen) atoms. The number of aryl methyl sites for hydroxylation is 1. The summed E-state index contributed by atoms with van der Waals surface area (Å²) in [6.07, 6.45) is 1.53. The minimum atomic E-state index is -4.15. The fourth-order valence-corrected chi connectivity index (χ4v) is 5.96. The first-order valence-electron chi connectivity index (χ1n) is 9.40. The van der Waals surface area contributed by atoms with E-state index in [9.17, 15) is 22.1 Å². The maximum absolute atomic E-state index is 13.1. The van der Waals surface area contributed by atoms with E-state index in [0.29, 0.717) is 35.2 Å². The molecule has 1 aliphatic heterocycles. The number of nitriles is 1. The average molecular weight is 461 g/mol. The molecule has 11 heteroatoms. The molecule has 1 aromatic heterocycles. The summed E-state index contributed by atoms with van der Waals surface area (Å²) in [6.45, 7) is 2.84. The van der Waals surface area contributed by atoms with Gasteiger partial charge in [-0.2, -0.15) is 9.57 Å². The number of benzene rings is 2. The summed E-state index contributed by atoms with van der Waals surface area (Å²) >= 11 is 0. The van der Waals surface area contributed by atoms with Gasteiger partial charge in [-0.25, -0.2) is 22.0 Å². The quantitative estimate of drug-likeness (QED) is 0.606. The number of sulfonamides is 2. The Kier molecular flexibility index (Phi) is 5.36. The number of aromatic nitrogens is 1. The lowest BCUT2D eigenvalue weighted by molar-refractivity contribution is 0.0730. The average Bonchev–Trinajstić information content (AvgIpc) is 3.19. The van der Waals surface area contributed by atoms with Crippen LogP contribution in [0, 0.1) is 18.3 Å². The normalized spacial score (nSPS) is 15.8. The number of fused-ring (bicyclic) bond motifs is 1. The molecular weight excluding hydrogens is 440 g/mol. The van der Waals surface area contributed by atoms with Crippen LogP contribution in [0.5, 0.6) is 0 Å². The van der Waals surface area contributed by atoms with Gasteiger partial charge < -0.3 is 9.72 Å². The molecule has 1 aliphatic rings. The van der Waals surface area contributed by atoms with Crippen molar-refractivity contribution in [3.05, 3.63) is 47.7 Å². The van der Waals surface area contributed by atoms with Crippen molar-refractivity contribution >= 4 is 30.9 Å². The third kappa shape index (κ3) is 3.73. The molecule has 2 aromatic carbocycles. The summed E-state index contributed by atoms with van der Waals surface area (Å²) in [6, 6.07) is 9.31. The number of hydrogen-bond acceptors (Lipinski definition) is 6. The number of rotatable bonds is 4. The van der Waals surface area contributed by atoms with Crippen LogP contribution in [0.3, 0.4) is 0 Å². The largest absolute Gasteiger partial charge is 0.379 e. The summed E-state index contributed by atoms with van der Waals surface area (Å²) in [5, 5.41) is 15.5. The Bertz CT molecular complexity index is 1430. The number of ether oxygens (including phenoxy) is 1. The Balaban J connectivity index is 1.99. The van der Waals surface area contributed by atoms with Crippen LogP contribution in [-0.4, -0.2) is 52.4 Å². The molecule has 0 saturated carbocycles. The highest BCUT2D eigenvalue weighted by Gasteiger charge is 2.29. The number of morpholine rings is 1. The first-order valence-corrected chi connectivity index (χ1v) is 12.4. The minimum absolute atomic E-state index is 0.0439. The van der Waals surface area contributed by atoms with Crippen molar-refractivity contribution in [2.45, 2.75) is 16.7 Å². The van der Waals surface area contributed by atoms with Crippen LogP contribution in [0.25, 0.3) is 22.0 Å². The lowest BCUT2D eigenvalue weighted by Crippen LogP contribution is -2.40. The first-order chi connectivity index (χ1) is 14.6. The van der Waals surface area contributed by atoms with Crippen molar-refractivity contribution in [1.29, 1.82) is 5.26 Å². The van der Waals surface area contributed by atoms with Crippen molar-refractivity contribution in [2.24, 2.45) is 5.14 Å². The van der Waals surface area contributed by atoms with Gasteiger partial charge in [0.05, 0.1) is 34.1 Å². The maximum Gasteiger partial charge on any atom is 0.243 e. The zero-order valence-corrected chi connectivity index (χ0v) is 18.3. The fraction of sp³-hybridized carbons (Fsp3) is 0.250. The van der Waals surface area contributed by atoms with Gasteiger partial charge in [0.1, 0.15) is 6.07 Å². The third-order valence-electron chi connectivity index (χ3n) is 5.32. The molecule has 0 amide bonds. The number of nitrogens with zero attached hydrogens (tertiary/aromatic N) is 2. The molecule has 4 rings (SSSR count). The number of H-pyrrole nitrogens is 1. The zero-order chi connectivity index (χ0) is 22.4. The van der Waals surface area contributed by atoms with E-state index in [0.717, 1.165) is 5.56 Å². The van der Waals surface area contributed by atoms with E-state index in [2.05, 4.69) is 11.1 Å². The Labute approximate surface area is 180 Å². The second-order valence-corrected chi connectivity index (χ2v) is 10.7. The van der Waals surface area contributed by atoms with Crippen molar-refractivity contribution in [1.82, 2.24) is 9.29 Å². The molecular formula is C20H20N4O5S2. The van der Waals surface area contributed by atoms with Crippen LogP contribution in [-0.2, 0) is 24.8 Å². The van der Waals surface area contributed by atoms with E-state index < -0.39 is 20.0 Å². The molecule has 0 radical (unpaired) electrons. The summed E-state index contributed by atoms with van der Waals surface area (Å²) in [7, 11) is -8.01. The van der Waals surface area contributed by atoms with Crippen LogP contribution in [0.1, 0.15) is 11.1 Å². The van der Waals surface area contributed by atoms with Crippen molar-refractivity contribution in [3.63, 3.8) is 0 Å². The smallest absolute Gasteiger partial charge is 0.243 e. The Morgan fingerprint density at radius 2 is 1.81 bits per heavy atom. The molecule has 0 aliphatic carbocycles. The van der Waals surface area contributed by atoms with Gasteiger partial charge in [-0.1, -0.05) is 12.1 Å². The Hall–Kier alpha value is -2.75. The van der Waals surface area contributed by atoms with E-state index in [1.807, 2.05) is 6.92 Å². The lowest BCUT2D eigenvalue weighted by Gasteiger charge is -2.26. The number of nitrogens with two attached hydrogens (primary N) is 1. The predicted octanol–water partition coefficient (Wildman–Crippen LogP) is 1.68. The van der Waals surface area contributed by atoms with Gasteiger partial charge in [-0.3, -0.25) is 0 Å². The van der Waals surface area contributed by atoms with Gasteiger partial charge in [-0.15, -0.1) is 0 Å². The van der Waals surface area contributed by atoms with Crippen LogP contribution in [0.15, 0.2) is 46.3 Å². The monoisotopic (exact) mass is 460 g/mol. The number of primary sulfonamides is 1. The molecule has 0 unspecified atom stereocenters. The molecule has 9 nitrogen and oxygen atoms in total. The molecule has 3 aromatic rings. The lowest BCUT2D eigenvalue weighted by atomic mass is 9.99. The van der Waals surface area contributed by atoms with Crippen LogP contribution < -0.4 is 5.14 Å². The second kappa shape index (κ2) is 7.74. The first kappa shape index (κ1) is 21.5. The van der Waals surface area contributed by atoms with E-state index >= 15 is 0 Å². The van der Waals surface area contributed by atoms with Gasteiger partial charge in [-0.05, 0) is 30.7 Å². The zero-order valence-electron chi connectivity index (χ0n) is 16.6. The predicted molar refractivity (Wildman–Crippen MR) is 114 cm³/mol. The molecule has 2 heterocycles. The van der Waals surface area contributed by atoms with E-state index in [4.69, 9.17) is 9.88 Å². The van der Waals surface area contributed by atoms with Crippen molar-refractivity contribution < 1.29 is 21.6 Å². The van der Waals surface area contributed by atoms with Gasteiger partial charge in [0.15, 0.2) is 0 Å². The molecule has 162 valence electrons. The van der Waals surface area contributed by atoms with Gasteiger partial charge in [0.2, 0.25) is 20.0 Å². The van der Waals surface area contributed by atoms with Crippen LogP contribution >= 0.6 is 0 Å². The second-order valence-electron chi connectivity index (χ2n) is 7.21. The number of aromatic amines is 1. The Morgan fingerprint density at radius 1 is 1.10 bits per heavy atom. The van der Waals surface area contributed by atoms with E-state index in [-0.39, 0.29) is 28.4 Å². The molecule has 0 atom stereocenters. The summed E-state index contributed by atoms with van der Waals surface area (Å²) in [4.78, 5) is 2.77. The number of hydrogen-bond donors (Lipinski definition) is 2. The Morgan fingerprint density at radius 3 is 2.45 bits per heavy atom. The molecule has 3 N–H and O–H groups in total. The van der Waals surface area contributed by atoms with E-state index in [1.165, 1.54) is 28.7 Å². The highest BCUT2D eigenvalue weighted by Crippen LogP contribution is 2.36. The SMILES string of the molecule is Cc1ccc(-c2cc(S(=O)(=O)N3CCOCC3)ccc2S(N)(=O)=O)c2[nH]cc(C#N)c12. The highest BCUT2D eigenvalue weighted by molar-refractivity contribution is 7.89. The van der Waals surface area contributed by atoms with Crippen molar-refractivity contribution in [2.75, 3.05) is 26.3 Å². The van der Waals surface area contributed by atoms with Crippen molar-refractivity contribution in [3.8, 4) is 17.2 Å². The van der Waals surface area contributed by atoms with Crippen LogP contribution in [0.4, 0.5) is 0 Å². The van der Waals surface area contributed by atoms with E-state index in [1.54, 1.807) is 12.1 Å². The molecule has 0 spiro atoms. The summed E-state index contributed by atoms with van der Waals surface area (Å²) in [5.41, 5.74) is 2.34. The van der Waals surface area contributed by atoms with Crippen LogP contribution in [0.2, 0.25) is 0 Å². The molecule has 1 fully saturated rings. The van der Waals surface area contributed by atoms with Gasteiger partial charge in [0, 0.05) is 35.8 Å². The standard InChI is InChI=1S/C20H20N4O5S2/c1-13-2-4-16(20-19(13)14(11-21)12-23-20)17-10-15(3-5-18(17)30(22,25)26)31(27,28)24-6-8-29-9-7-24/h2-5,10,12,23H,6-9H2,1H3,(H2,22,25,26). The van der Waals surface area contributed by atoms with Gasteiger partial charge in [0.25, 0.3) is 0 Å². The topological polar surface area (TPSA) is 146 Å².